The summed E-state index contributed by atoms with van der Waals surface area (Å²) in [4.78, 5) is 2.32. The molecule has 6 aromatic rings. The molecule has 0 radical (unpaired) electrons. The fourth-order valence-electron chi connectivity index (χ4n) is 6.27. The molecule has 0 amide bonds. The molecule has 1 aromatic heterocycles. The van der Waals surface area contributed by atoms with Crippen molar-refractivity contribution in [2.24, 2.45) is 0 Å². The first kappa shape index (κ1) is 18.7. The second-order valence-corrected chi connectivity index (χ2v) is 9.29. The van der Waals surface area contributed by atoms with Crippen LogP contribution in [0.5, 0.6) is 0 Å². The zero-order valence-electron chi connectivity index (χ0n) is 18.8. The van der Waals surface area contributed by atoms with E-state index in [4.69, 9.17) is 0 Å². The lowest BCUT2D eigenvalue weighted by atomic mass is 9.45. The van der Waals surface area contributed by atoms with Gasteiger partial charge in [0, 0.05) is 44.4 Å². The first-order valence-electron chi connectivity index (χ1n) is 11.9. The molecule has 0 aliphatic carbocycles. The van der Waals surface area contributed by atoms with Crippen molar-refractivity contribution in [1.82, 2.24) is 4.48 Å². The van der Waals surface area contributed by atoms with Crippen LogP contribution in [0.4, 0.5) is 17.1 Å². The molecule has 0 fully saturated rings. The number of benzene rings is 5. The number of nitriles is 1. The van der Waals surface area contributed by atoms with Crippen molar-refractivity contribution >= 4 is 56.6 Å². The molecule has 4 heteroatoms. The predicted octanol–water partition coefficient (Wildman–Crippen LogP) is 6.08. The fourth-order valence-corrected chi connectivity index (χ4v) is 6.27. The van der Waals surface area contributed by atoms with Crippen LogP contribution in [0.25, 0.3) is 32.9 Å². The van der Waals surface area contributed by atoms with E-state index in [9.17, 15) is 5.26 Å². The maximum absolute atomic E-state index is 10.0. The minimum Gasteiger partial charge on any atom is -0.375 e. The highest BCUT2D eigenvalue weighted by atomic mass is 15.2. The molecule has 0 saturated carbocycles. The van der Waals surface area contributed by atoms with Gasteiger partial charge in [0.05, 0.1) is 11.6 Å². The van der Waals surface area contributed by atoms with E-state index >= 15 is 0 Å². The zero-order valence-corrected chi connectivity index (χ0v) is 18.8. The Morgan fingerprint density at radius 3 is 2.31 bits per heavy atom. The number of anilines is 3. The molecule has 160 valence electrons. The van der Waals surface area contributed by atoms with Crippen LogP contribution in [0.3, 0.4) is 0 Å². The predicted molar refractivity (Wildman–Crippen MR) is 145 cm³/mol. The number of aromatic nitrogens is 1. The van der Waals surface area contributed by atoms with Gasteiger partial charge in [-0.25, -0.2) is 0 Å². The van der Waals surface area contributed by atoms with Crippen molar-refractivity contribution in [3.05, 3.63) is 115 Å². The van der Waals surface area contributed by atoms with E-state index in [-0.39, 0.29) is 6.85 Å². The first-order chi connectivity index (χ1) is 17.3. The number of hydrogen-bond acceptors (Lipinski definition) is 2. The van der Waals surface area contributed by atoms with Gasteiger partial charge in [0.25, 0.3) is 0 Å². The van der Waals surface area contributed by atoms with Crippen molar-refractivity contribution in [3.63, 3.8) is 0 Å². The van der Waals surface area contributed by atoms with E-state index in [1.807, 2.05) is 6.07 Å². The minimum atomic E-state index is 0.0289. The lowest BCUT2D eigenvalue weighted by molar-refractivity contribution is 1.25. The third-order valence-electron chi connectivity index (χ3n) is 7.57. The Balaban J connectivity index is 1.60. The van der Waals surface area contributed by atoms with Gasteiger partial charge in [-0.1, -0.05) is 72.8 Å². The van der Waals surface area contributed by atoms with Crippen LogP contribution in [0.15, 0.2) is 109 Å². The first-order valence-corrected chi connectivity index (χ1v) is 11.9. The lowest BCUT2D eigenvalue weighted by Gasteiger charge is -2.40. The number of hydrogen-bond donors (Lipinski definition) is 0. The normalized spacial score (nSPS) is 13.0. The van der Waals surface area contributed by atoms with Crippen molar-refractivity contribution in [1.29, 1.82) is 5.26 Å². The van der Waals surface area contributed by atoms with E-state index < -0.39 is 0 Å². The molecule has 0 atom stereocenters. The van der Waals surface area contributed by atoms with Crippen LogP contribution in [0.2, 0.25) is 0 Å². The second kappa shape index (κ2) is 6.65. The van der Waals surface area contributed by atoms with Gasteiger partial charge >= 0.3 is 6.85 Å². The summed E-state index contributed by atoms with van der Waals surface area (Å²) < 4.78 is 2.53. The Morgan fingerprint density at radius 1 is 0.657 bits per heavy atom. The summed E-state index contributed by atoms with van der Waals surface area (Å²) >= 11 is 0. The molecule has 0 spiro atoms. The van der Waals surface area contributed by atoms with Gasteiger partial charge in [-0.2, -0.15) is 5.26 Å². The maximum Gasteiger partial charge on any atom is 0.333 e. The molecule has 35 heavy (non-hydrogen) atoms. The van der Waals surface area contributed by atoms with Crippen molar-refractivity contribution in [2.75, 3.05) is 4.90 Å². The van der Waals surface area contributed by atoms with Gasteiger partial charge in [0.2, 0.25) is 0 Å². The van der Waals surface area contributed by atoms with Gasteiger partial charge in [0.15, 0.2) is 0 Å². The monoisotopic (exact) mass is 443 g/mol. The Hall–Kier alpha value is -4.75. The molecule has 0 bridgehead atoms. The third-order valence-corrected chi connectivity index (χ3v) is 7.57. The molecule has 2 aliphatic rings. The van der Waals surface area contributed by atoms with Crippen LogP contribution in [-0.2, 0) is 0 Å². The number of nitrogens with zero attached hydrogens (tertiary/aromatic N) is 3. The molecule has 0 saturated heterocycles. The maximum atomic E-state index is 10.0. The largest absolute Gasteiger partial charge is 0.375 e. The quantitative estimate of drug-likeness (QED) is 0.288. The standard InChI is InChI=1S/C31H18BN3/c33-19-20-17-25-24-13-8-12-23-22-11-4-6-15-27(22)35(31(23)24)32-26-14-5-7-16-28(26)34(29(18-20)30(25)32)21-9-2-1-3-10-21/h1-18H. The zero-order chi connectivity index (χ0) is 23.1. The van der Waals surface area contributed by atoms with Gasteiger partial charge in [-0.15, -0.1) is 0 Å². The van der Waals surface area contributed by atoms with E-state index in [2.05, 4.69) is 119 Å². The molecule has 0 unspecified atom stereocenters. The summed E-state index contributed by atoms with van der Waals surface area (Å²) in [6.07, 6.45) is 0. The number of para-hydroxylation sites is 4. The molecular formula is C31H18BN3. The average Bonchev–Trinajstić information content (AvgIpc) is 3.26. The van der Waals surface area contributed by atoms with Gasteiger partial charge < -0.3 is 9.38 Å². The lowest BCUT2D eigenvalue weighted by Crippen LogP contribution is -2.56. The third kappa shape index (κ3) is 2.30. The second-order valence-electron chi connectivity index (χ2n) is 9.29. The Bertz CT molecular complexity index is 1880. The topological polar surface area (TPSA) is 32.0 Å². The molecular weight excluding hydrogens is 425 g/mol. The van der Waals surface area contributed by atoms with Gasteiger partial charge in [0.1, 0.15) is 0 Å². The highest BCUT2D eigenvalue weighted by molar-refractivity contribution is 6.90. The van der Waals surface area contributed by atoms with E-state index in [0.717, 1.165) is 22.6 Å². The minimum absolute atomic E-state index is 0.0289. The summed E-state index contributed by atoms with van der Waals surface area (Å²) in [6, 6.07) is 41.0. The Labute approximate surface area is 203 Å². The van der Waals surface area contributed by atoms with Crippen LogP contribution < -0.4 is 15.8 Å². The number of fused-ring (bicyclic) bond motifs is 7. The summed E-state index contributed by atoms with van der Waals surface area (Å²) in [5.74, 6) is 0. The van der Waals surface area contributed by atoms with E-state index in [1.165, 1.54) is 38.3 Å². The summed E-state index contributed by atoms with van der Waals surface area (Å²) in [5, 5.41) is 12.6. The van der Waals surface area contributed by atoms with Crippen molar-refractivity contribution in [2.45, 2.75) is 0 Å². The number of rotatable bonds is 1. The highest BCUT2D eigenvalue weighted by Crippen LogP contribution is 2.45. The van der Waals surface area contributed by atoms with Crippen LogP contribution >= 0.6 is 0 Å². The fraction of sp³-hybridized carbons (Fsp3) is 0. The Morgan fingerprint density at radius 2 is 1.43 bits per heavy atom. The molecule has 3 heterocycles. The molecule has 5 aromatic carbocycles. The average molecular weight is 443 g/mol. The van der Waals surface area contributed by atoms with Crippen molar-refractivity contribution < 1.29 is 0 Å². The highest BCUT2D eigenvalue weighted by Gasteiger charge is 2.42. The van der Waals surface area contributed by atoms with Gasteiger partial charge in [-0.3, -0.25) is 0 Å². The molecule has 3 nitrogen and oxygen atoms in total. The summed E-state index contributed by atoms with van der Waals surface area (Å²) in [5.41, 5.74) is 11.4. The SMILES string of the molecule is N#Cc1cc2c3c(c1)N(c1ccccc1)c1ccccc1B3n1c3ccccc3c3cccc-2c31. The van der Waals surface area contributed by atoms with Crippen molar-refractivity contribution in [3.8, 4) is 17.2 Å². The van der Waals surface area contributed by atoms with Gasteiger partial charge in [-0.05, 0) is 52.9 Å². The van der Waals surface area contributed by atoms with E-state index in [1.54, 1.807) is 0 Å². The van der Waals surface area contributed by atoms with Crippen LogP contribution in [0.1, 0.15) is 5.56 Å². The molecule has 2 aliphatic heterocycles. The molecule has 0 N–H and O–H groups in total. The van der Waals surface area contributed by atoms with Crippen LogP contribution in [0, 0.1) is 11.3 Å². The Kier molecular flexibility index (Phi) is 3.55. The van der Waals surface area contributed by atoms with E-state index in [0.29, 0.717) is 5.56 Å². The summed E-state index contributed by atoms with van der Waals surface area (Å²) in [6.45, 7) is 0.0289. The smallest absolute Gasteiger partial charge is 0.333 e. The molecule has 8 rings (SSSR count). The summed E-state index contributed by atoms with van der Waals surface area (Å²) in [7, 11) is 0. The van der Waals surface area contributed by atoms with Crippen LogP contribution in [-0.4, -0.2) is 11.3 Å².